The molecule has 0 unspecified atom stereocenters. The van der Waals surface area contributed by atoms with Crippen molar-refractivity contribution in [1.82, 2.24) is 15.6 Å². The maximum absolute atomic E-state index is 14.3. The van der Waals surface area contributed by atoms with Crippen molar-refractivity contribution in [3.05, 3.63) is 59.5 Å². The van der Waals surface area contributed by atoms with Crippen LogP contribution in [-0.2, 0) is 16.7 Å². The van der Waals surface area contributed by atoms with E-state index in [9.17, 15) is 4.39 Å². The first-order valence-corrected chi connectivity index (χ1v) is 10.8. The third kappa shape index (κ3) is 5.85. The normalized spacial score (nSPS) is 17.6. The van der Waals surface area contributed by atoms with E-state index in [0.29, 0.717) is 13.1 Å². The monoisotopic (exact) mass is 539 g/mol. The number of nitrogens with one attached hydrogen (secondary N) is 2. The summed E-state index contributed by atoms with van der Waals surface area (Å²) >= 11 is 0. The third-order valence-corrected chi connectivity index (χ3v) is 5.82. The quantitative estimate of drug-likeness (QED) is 0.321. The Morgan fingerprint density at radius 2 is 1.94 bits per heavy atom. The van der Waals surface area contributed by atoms with Crippen LogP contribution in [0.25, 0.3) is 0 Å². The molecule has 1 aliphatic carbocycles. The zero-order valence-electron chi connectivity index (χ0n) is 17.9. The summed E-state index contributed by atoms with van der Waals surface area (Å²) in [6.45, 7) is 7.15. The Bertz CT molecular complexity index is 884. The van der Waals surface area contributed by atoms with E-state index >= 15 is 0 Å². The second kappa shape index (κ2) is 11.1. The zero-order valence-corrected chi connectivity index (χ0v) is 20.3. The topological polar surface area (TPSA) is 61.8 Å². The first kappa shape index (κ1) is 23.7. The lowest BCUT2D eigenvalue weighted by Crippen LogP contribution is -2.41. The summed E-state index contributed by atoms with van der Waals surface area (Å²) in [5.41, 5.74) is 1.76. The van der Waals surface area contributed by atoms with Crippen molar-refractivity contribution in [3.8, 4) is 0 Å². The van der Waals surface area contributed by atoms with Crippen LogP contribution in [0.4, 0.5) is 10.2 Å². The molecule has 0 radical (unpaired) electrons. The summed E-state index contributed by atoms with van der Waals surface area (Å²) in [6, 6.07) is 11.1. The number of hydrogen-bond donors (Lipinski definition) is 2. The number of aliphatic imine (C=N–C) groups is 1. The van der Waals surface area contributed by atoms with Crippen molar-refractivity contribution >= 4 is 35.8 Å². The van der Waals surface area contributed by atoms with Crippen LogP contribution in [0, 0.1) is 5.82 Å². The predicted molar refractivity (Wildman–Crippen MR) is 133 cm³/mol. The van der Waals surface area contributed by atoms with Crippen LogP contribution in [0.2, 0.25) is 0 Å². The summed E-state index contributed by atoms with van der Waals surface area (Å²) in [6.07, 6.45) is 3.81. The van der Waals surface area contributed by atoms with E-state index < -0.39 is 0 Å². The molecule has 0 spiro atoms. The standard InChI is InChI=1S/C23H30FN5O.HI/c1-2-25-22(28-17-23(9-10-23)19-7-3-4-8-20(19)24)27-16-18-6-5-11-26-21(18)29-12-14-30-15-13-29;/h3-8,11H,2,9-10,12-17H2,1H3,(H2,25,27,28);1H. The van der Waals surface area contributed by atoms with Crippen LogP contribution in [0.3, 0.4) is 0 Å². The van der Waals surface area contributed by atoms with Crippen molar-refractivity contribution in [1.29, 1.82) is 0 Å². The molecule has 4 rings (SSSR count). The molecule has 2 heterocycles. The lowest BCUT2D eigenvalue weighted by Gasteiger charge is -2.29. The molecule has 1 saturated carbocycles. The lowest BCUT2D eigenvalue weighted by atomic mass is 9.95. The molecule has 2 N–H and O–H groups in total. The Kier molecular flexibility index (Phi) is 8.48. The number of aromatic nitrogens is 1. The number of benzene rings is 1. The molecule has 2 aromatic rings. The zero-order chi connectivity index (χ0) is 20.8. The average molecular weight is 539 g/mol. The molecule has 1 aromatic carbocycles. The lowest BCUT2D eigenvalue weighted by molar-refractivity contribution is 0.122. The number of pyridine rings is 1. The SMILES string of the molecule is CCNC(=NCc1cccnc1N1CCOCC1)NCC1(c2ccccc2F)CC1.I. The van der Waals surface area contributed by atoms with E-state index in [-0.39, 0.29) is 35.2 Å². The van der Waals surface area contributed by atoms with Gasteiger partial charge in [0, 0.05) is 43.4 Å². The molecule has 2 fully saturated rings. The van der Waals surface area contributed by atoms with Crippen molar-refractivity contribution < 1.29 is 9.13 Å². The predicted octanol–water partition coefficient (Wildman–Crippen LogP) is 3.46. The Morgan fingerprint density at radius 1 is 1.16 bits per heavy atom. The van der Waals surface area contributed by atoms with Gasteiger partial charge in [0.25, 0.3) is 0 Å². The van der Waals surface area contributed by atoms with E-state index in [4.69, 9.17) is 9.73 Å². The van der Waals surface area contributed by atoms with Gasteiger partial charge in [-0.2, -0.15) is 0 Å². The van der Waals surface area contributed by atoms with Crippen LogP contribution in [0.5, 0.6) is 0 Å². The van der Waals surface area contributed by atoms with Gasteiger partial charge >= 0.3 is 0 Å². The van der Waals surface area contributed by atoms with Gasteiger partial charge in [0.2, 0.25) is 0 Å². The number of morpholine rings is 1. The number of guanidine groups is 1. The van der Waals surface area contributed by atoms with Crippen molar-refractivity contribution in [2.24, 2.45) is 4.99 Å². The first-order valence-electron chi connectivity index (χ1n) is 10.8. The highest BCUT2D eigenvalue weighted by atomic mass is 127. The fourth-order valence-electron chi connectivity index (χ4n) is 3.96. The maximum atomic E-state index is 14.3. The molecule has 31 heavy (non-hydrogen) atoms. The van der Waals surface area contributed by atoms with Gasteiger partial charge in [-0.25, -0.2) is 14.4 Å². The molecule has 2 aliphatic rings. The molecule has 1 aromatic heterocycles. The fraction of sp³-hybridized carbons (Fsp3) is 0.478. The molecule has 168 valence electrons. The number of hydrogen-bond acceptors (Lipinski definition) is 4. The van der Waals surface area contributed by atoms with E-state index in [0.717, 1.165) is 68.6 Å². The summed E-state index contributed by atoms with van der Waals surface area (Å²) in [5, 5.41) is 6.75. The van der Waals surface area contributed by atoms with Crippen LogP contribution >= 0.6 is 24.0 Å². The van der Waals surface area contributed by atoms with Crippen molar-refractivity contribution in [2.45, 2.75) is 31.7 Å². The summed E-state index contributed by atoms with van der Waals surface area (Å²) in [5.74, 6) is 1.60. The van der Waals surface area contributed by atoms with E-state index in [2.05, 4.69) is 26.6 Å². The molecule has 0 atom stereocenters. The number of nitrogens with zero attached hydrogens (tertiary/aromatic N) is 3. The van der Waals surface area contributed by atoms with Gasteiger partial charge in [0.05, 0.1) is 19.8 Å². The Balaban J connectivity index is 0.00000272. The Labute approximate surface area is 200 Å². The summed E-state index contributed by atoms with van der Waals surface area (Å²) in [7, 11) is 0. The number of halogens is 2. The number of rotatable bonds is 7. The Hall–Kier alpha value is -1.94. The van der Waals surface area contributed by atoms with Crippen LogP contribution < -0.4 is 15.5 Å². The van der Waals surface area contributed by atoms with Gasteiger partial charge in [0.1, 0.15) is 11.6 Å². The molecule has 6 nitrogen and oxygen atoms in total. The molecule has 0 amide bonds. The minimum absolute atomic E-state index is 0. The van der Waals surface area contributed by atoms with Gasteiger partial charge < -0.3 is 20.3 Å². The fourth-order valence-corrected chi connectivity index (χ4v) is 3.96. The molecular formula is C23H31FIN5O. The molecule has 0 bridgehead atoms. The average Bonchev–Trinajstić information content (AvgIpc) is 3.58. The minimum Gasteiger partial charge on any atom is -0.378 e. The highest BCUT2D eigenvalue weighted by Gasteiger charge is 2.45. The molecule has 1 saturated heterocycles. The van der Waals surface area contributed by atoms with Crippen LogP contribution in [-0.4, -0.2) is 50.3 Å². The van der Waals surface area contributed by atoms with Crippen LogP contribution in [0.15, 0.2) is 47.6 Å². The highest BCUT2D eigenvalue weighted by molar-refractivity contribution is 14.0. The van der Waals surface area contributed by atoms with E-state index in [1.165, 1.54) is 0 Å². The number of ether oxygens (including phenoxy) is 1. The van der Waals surface area contributed by atoms with Gasteiger partial charge in [0.15, 0.2) is 5.96 Å². The largest absolute Gasteiger partial charge is 0.378 e. The van der Waals surface area contributed by atoms with Gasteiger partial charge in [-0.1, -0.05) is 24.3 Å². The molecule has 8 heteroatoms. The highest BCUT2D eigenvalue weighted by Crippen LogP contribution is 2.48. The number of anilines is 1. The molecule has 1 aliphatic heterocycles. The van der Waals surface area contributed by atoms with Crippen LogP contribution in [0.1, 0.15) is 30.9 Å². The maximum Gasteiger partial charge on any atom is 0.191 e. The molecular weight excluding hydrogens is 508 g/mol. The second-order valence-electron chi connectivity index (χ2n) is 7.89. The summed E-state index contributed by atoms with van der Waals surface area (Å²) in [4.78, 5) is 11.6. The van der Waals surface area contributed by atoms with E-state index in [1.54, 1.807) is 12.1 Å². The van der Waals surface area contributed by atoms with Gasteiger partial charge in [-0.3, -0.25) is 0 Å². The Morgan fingerprint density at radius 3 is 2.65 bits per heavy atom. The third-order valence-electron chi connectivity index (χ3n) is 5.82. The van der Waals surface area contributed by atoms with Gasteiger partial charge in [-0.05, 0) is 37.5 Å². The smallest absolute Gasteiger partial charge is 0.191 e. The van der Waals surface area contributed by atoms with E-state index in [1.807, 2.05) is 31.3 Å². The minimum atomic E-state index is -0.130. The summed E-state index contributed by atoms with van der Waals surface area (Å²) < 4.78 is 19.8. The first-order chi connectivity index (χ1) is 14.7. The van der Waals surface area contributed by atoms with Crippen molar-refractivity contribution in [2.75, 3.05) is 44.3 Å². The second-order valence-corrected chi connectivity index (χ2v) is 7.89. The van der Waals surface area contributed by atoms with Gasteiger partial charge in [-0.15, -0.1) is 24.0 Å². The van der Waals surface area contributed by atoms with Crippen molar-refractivity contribution in [3.63, 3.8) is 0 Å².